The molecule has 2 fully saturated rings. The molecule has 0 bridgehead atoms. The second-order valence-corrected chi connectivity index (χ2v) is 8.33. The van der Waals surface area contributed by atoms with Crippen molar-refractivity contribution in [2.45, 2.75) is 39.5 Å². The molecular weight excluding hydrogens is 340 g/mol. The van der Waals surface area contributed by atoms with Crippen molar-refractivity contribution in [3.63, 3.8) is 0 Å². The Kier molecular flexibility index (Phi) is 5.24. The van der Waals surface area contributed by atoms with E-state index in [-0.39, 0.29) is 11.3 Å². The highest BCUT2D eigenvalue weighted by Crippen LogP contribution is 2.32. The highest BCUT2D eigenvalue weighted by Gasteiger charge is 2.36. The van der Waals surface area contributed by atoms with E-state index in [0.29, 0.717) is 12.3 Å². The maximum absolute atomic E-state index is 12.9. The summed E-state index contributed by atoms with van der Waals surface area (Å²) in [7, 11) is 0. The minimum atomic E-state index is -0.103. The highest BCUT2D eigenvalue weighted by molar-refractivity contribution is 5.99. The molecule has 1 aromatic heterocycles. The zero-order valence-electron chi connectivity index (χ0n) is 16.5. The molecule has 5 heteroatoms. The van der Waals surface area contributed by atoms with Gasteiger partial charge < -0.3 is 19.4 Å². The van der Waals surface area contributed by atoms with E-state index in [4.69, 9.17) is 9.15 Å². The SMILES string of the molecule is Cc1ccc2c(C)c(C(=O)NCC3(CN4CCCC4)CCOCC3)oc2c1. The number of nitrogens with one attached hydrogen (secondary N) is 1. The van der Waals surface area contributed by atoms with Gasteiger partial charge in [0, 0.05) is 42.7 Å². The van der Waals surface area contributed by atoms with Crippen molar-refractivity contribution >= 4 is 16.9 Å². The van der Waals surface area contributed by atoms with Crippen molar-refractivity contribution in [1.82, 2.24) is 10.2 Å². The predicted molar refractivity (Wildman–Crippen MR) is 106 cm³/mol. The quantitative estimate of drug-likeness (QED) is 0.872. The molecule has 3 heterocycles. The van der Waals surface area contributed by atoms with Crippen LogP contribution in [0.1, 0.15) is 47.4 Å². The van der Waals surface area contributed by atoms with Crippen LogP contribution in [0.3, 0.4) is 0 Å². The summed E-state index contributed by atoms with van der Waals surface area (Å²) in [6.07, 6.45) is 4.58. The Bertz CT molecular complexity index is 814. The lowest BCUT2D eigenvalue weighted by Crippen LogP contribution is -2.48. The van der Waals surface area contributed by atoms with E-state index in [1.165, 1.54) is 25.9 Å². The van der Waals surface area contributed by atoms with Gasteiger partial charge in [-0.15, -0.1) is 0 Å². The molecule has 1 N–H and O–H groups in total. The number of nitrogens with zero attached hydrogens (tertiary/aromatic N) is 1. The number of carbonyl (C=O) groups excluding carboxylic acids is 1. The number of furan rings is 1. The van der Waals surface area contributed by atoms with Crippen molar-refractivity contribution in [2.24, 2.45) is 5.41 Å². The summed E-state index contributed by atoms with van der Waals surface area (Å²) in [6.45, 7) is 9.65. The first kappa shape index (κ1) is 18.5. The van der Waals surface area contributed by atoms with E-state index in [9.17, 15) is 4.79 Å². The molecule has 0 unspecified atom stereocenters. The Morgan fingerprint density at radius 1 is 1.19 bits per heavy atom. The Balaban J connectivity index is 1.48. The van der Waals surface area contributed by atoms with Crippen LogP contribution in [-0.2, 0) is 4.74 Å². The van der Waals surface area contributed by atoms with Gasteiger partial charge in [-0.1, -0.05) is 12.1 Å². The maximum atomic E-state index is 12.9. The molecule has 1 amide bonds. The Morgan fingerprint density at radius 2 is 1.93 bits per heavy atom. The number of aryl methyl sites for hydroxylation is 2. The smallest absolute Gasteiger partial charge is 0.287 e. The summed E-state index contributed by atoms with van der Waals surface area (Å²) < 4.78 is 11.5. The fraction of sp³-hybridized carbons (Fsp3) is 0.591. The molecule has 2 aliphatic heterocycles. The van der Waals surface area contributed by atoms with Crippen LogP contribution in [0, 0.1) is 19.3 Å². The lowest BCUT2D eigenvalue weighted by molar-refractivity contribution is -0.000747. The molecule has 4 rings (SSSR count). The van der Waals surface area contributed by atoms with E-state index in [1.807, 2.05) is 26.0 Å². The summed E-state index contributed by atoms with van der Waals surface area (Å²) in [5.74, 6) is 0.340. The van der Waals surface area contributed by atoms with Crippen LogP contribution >= 0.6 is 0 Å². The number of hydrogen-bond donors (Lipinski definition) is 1. The van der Waals surface area contributed by atoms with Gasteiger partial charge in [-0.3, -0.25) is 4.79 Å². The van der Waals surface area contributed by atoms with E-state index < -0.39 is 0 Å². The van der Waals surface area contributed by atoms with Crippen molar-refractivity contribution in [3.05, 3.63) is 35.1 Å². The van der Waals surface area contributed by atoms with E-state index >= 15 is 0 Å². The molecule has 1 aromatic carbocycles. The van der Waals surface area contributed by atoms with Gasteiger partial charge in [0.25, 0.3) is 5.91 Å². The van der Waals surface area contributed by atoms with Crippen molar-refractivity contribution in [3.8, 4) is 0 Å². The van der Waals surface area contributed by atoms with E-state index in [2.05, 4.69) is 16.3 Å². The number of rotatable bonds is 5. The number of carbonyl (C=O) groups is 1. The van der Waals surface area contributed by atoms with Gasteiger partial charge in [0.1, 0.15) is 5.58 Å². The molecule has 5 nitrogen and oxygen atoms in total. The fourth-order valence-corrected chi connectivity index (χ4v) is 4.51. The molecule has 0 saturated carbocycles. The molecular formula is C22H30N2O3. The number of likely N-dealkylation sites (tertiary alicyclic amines) is 1. The first-order chi connectivity index (χ1) is 13.1. The standard InChI is InChI=1S/C22H30N2O3/c1-16-5-6-18-17(2)20(27-19(18)13-16)21(25)23-14-22(7-11-26-12-8-22)15-24-9-3-4-10-24/h5-6,13H,3-4,7-12,14-15H2,1-2H3,(H,23,25). The third kappa shape index (κ3) is 3.90. The van der Waals surface area contributed by atoms with Crippen LogP contribution in [0.15, 0.2) is 22.6 Å². The summed E-state index contributed by atoms with van der Waals surface area (Å²) in [6, 6.07) is 6.08. The predicted octanol–water partition coefficient (Wildman–Crippen LogP) is 3.67. The zero-order valence-corrected chi connectivity index (χ0v) is 16.5. The first-order valence-corrected chi connectivity index (χ1v) is 10.1. The molecule has 27 heavy (non-hydrogen) atoms. The minimum Gasteiger partial charge on any atom is -0.451 e. The van der Waals surface area contributed by atoms with Gasteiger partial charge in [0.05, 0.1) is 0 Å². The number of benzene rings is 1. The number of ether oxygens (including phenoxy) is 1. The third-order valence-electron chi connectivity index (χ3n) is 6.24. The van der Waals surface area contributed by atoms with Crippen LogP contribution in [0.25, 0.3) is 11.0 Å². The van der Waals surface area contributed by atoms with Crippen LogP contribution in [-0.4, -0.2) is 50.2 Å². The molecule has 0 radical (unpaired) electrons. The van der Waals surface area contributed by atoms with Crippen LogP contribution in [0.4, 0.5) is 0 Å². The van der Waals surface area contributed by atoms with Gasteiger partial charge in [0.15, 0.2) is 5.76 Å². The van der Waals surface area contributed by atoms with Crippen molar-refractivity contribution in [1.29, 1.82) is 0 Å². The van der Waals surface area contributed by atoms with Crippen molar-refractivity contribution in [2.75, 3.05) is 39.4 Å². The lowest BCUT2D eigenvalue weighted by atomic mass is 9.79. The van der Waals surface area contributed by atoms with Crippen LogP contribution < -0.4 is 5.32 Å². The fourth-order valence-electron chi connectivity index (χ4n) is 4.51. The first-order valence-electron chi connectivity index (χ1n) is 10.1. The van der Waals surface area contributed by atoms with Crippen LogP contribution in [0.5, 0.6) is 0 Å². The molecule has 0 spiro atoms. The van der Waals surface area contributed by atoms with Gasteiger partial charge >= 0.3 is 0 Å². The summed E-state index contributed by atoms with van der Waals surface area (Å²) >= 11 is 0. The molecule has 146 valence electrons. The minimum absolute atomic E-state index is 0.103. The summed E-state index contributed by atoms with van der Waals surface area (Å²) in [4.78, 5) is 15.4. The average molecular weight is 370 g/mol. The molecule has 0 aliphatic carbocycles. The van der Waals surface area contributed by atoms with E-state index in [1.54, 1.807) is 0 Å². The molecule has 0 atom stereocenters. The average Bonchev–Trinajstić information content (AvgIpc) is 3.28. The lowest BCUT2D eigenvalue weighted by Gasteiger charge is -2.40. The van der Waals surface area contributed by atoms with Gasteiger partial charge in [0.2, 0.25) is 0 Å². The maximum Gasteiger partial charge on any atom is 0.287 e. The second kappa shape index (κ2) is 7.64. The molecule has 2 aliphatic rings. The normalized spacial score (nSPS) is 20.2. The largest absolute Gasteiger partial charge is 0.451 e. The second-order valence-electron chi connectivity index (χ2n) is 8.33. The summed E-state index contributed by atoms with van der Waals surface area (Å²) in [5.41, 5.74) is 2.95. The van der Waals surface area contributed by atoms with E-state index in [0.717, 1.165) is 54.7 Å². The van der Waals surface area contributed by atoms with Gasteiger partial charge in [-0.05, 0) is 64.3 Å². The number of fused-ring (bicyclic) bond motifs is 1. The Morgan fingerprint density at radius 3 is 2.67 bits per heavy atom. The number of amides is 1. The van der Waals surface area contributed by atoms with Gasteiger partial charge in [-0.2, -0.15) is 0 Å². The summed E-state index contributed by atoms with van der Waals surface area (Å²) in [5, 5.41) is 4.20. The van der Waals surface area contributed by atoms with Crippen LogP contribution in [0.2, 0.25) is 0 Å². The topological polar surface area (TPSA) is 54.7 Å². The molecule has 2 aromatic rings. The van der Waals surface area contributed by atoms with Crippen molar-refractivity contribution < 1.29 is 13.9 Å². The van der Waals surface area contributed by atoms with Gasteiger partial charge in [-0.25, -0.2) is 0 Å². The third-order valence-corrected chi connectivity index (χ3v) is 6.24. The Labute approximate surface area is 161 Å². The zero-order chi connectivity index (χ0) is 18.9. The Hall–Kier alpha value is -1.85. The number of hydrogen-bond acceptors (Lipinski definition) is 4. The highest BCUT2D eigenvalue weighted by atomic mass is 16.5. The molecule has 2 saturated heterocycles. The monoisotopic (exact) mass is 370 g/mol.